The first-order valence-electron chi connectivity index (χ1n) is 9.50. The van der Waals surface area contributed by atoms with E-state index < -0.39 is 5.60 Å². The molecule has 0 unspecified atom stereocenters. The smallest absolute Gasteiger partial charge is 0.444 e. The van der Waals surface area contributed by atoms with Crippen molar-refractivity contribution in [2.45, 2.75) is 90.9 Å². The lowest BCUT2D eigenvalue weighted by atomic mass is 9.62. The van der Waals surface area contributed by atoms with Crippen LogP contribution in [0.2, 0.25) is 6.32 Å². The van der Waals surface area contributed by atoms with Gasteiger partial charge < -0.3 is 18.9 Å². The van der Waals surface area contributed by atoms with Gasteiger partial charge in [0.1, 0.15) is 5.60 Å². The van der Waals surface area contributed by atoms with Gasteiger partial charge in [0.15, 0.2) is 0 Å². The number of amides is 1. The maximum Gasteiger partial charge on any atom is 0.458 e. The van der Waals surface area contributed by atoms with Crippen LogP contribution in [0.15, 0.2) is 0 Å². The molecule has 146 valence electrons. The van der Waals surface area contributed by atoms with Gasteiger partial charge in [-0.15, -0.1) is 0 Å². The number of ether oxygens (including phenoxy) is 1. The van der Waals surface area contributed by atoms with Gasteiger partial charge in [0.05, 0.1) is 17.3 Å². The fourth-order valence-electron chi connectivity index (χ4n) is 3.51. The predicted molar refractivity (Wildman–Crippen MR) is 101 cm³/mol. The Hall–Kier alpha value is -1.26. The quantitative estimate of drug-likeness (QED) is 0.708. The lowest BCUT2D eigenvalue weighted by Crippen LogP contribution is -2.46. The molecule has 2 rings (SSSR count). The number of hydrogen-bond donors (Lipinski definition) is 0. The normalized spacial score (nSPS) is 24.2. The monoisotopic (exact) mass is 364 g/mol. The SMILES string of the molecule is CC(C)(C)OC(=O)N1CCC(CC#N)(CB2OC(C)(C)C(C)(C)O2)CC1. The molecule has 2 aliphatic heterocycles. The lowest BCUT2D eigenvalue weighted by molar-refractivity contribution is 0.00578. The average Bonchev–Trinajstić information content (AvgIpc) is 2.64. The number of carbonyl (C=O) groups is 1. The third-order valence-corrected chi connectivity index (χ3v) is 5.83. The molecule has 2 fully saturated rings. The second-order valence-electron chi connectivity index (χ2n) is 9.69. The minimum atomic E-state index is -0.499. The summed E-state index contributed by atoms with van der Waals surface area (Å²) in [5.74, 6) is 0. The minimum absolute atomic E-state index is 0.186. The van der Waals surface area contributed by atoms with Gasteiger partial charge in [-0.25, -0.2) is 4.79 Å². The Morgan fingerprint density at radius 1 is 1.15 bits per heavy atom. The van der Waals surface area contributed by atoms with Crippen molar-refractivity contribution in [2.75, 3.05) is 13.1 Å². The maximum atomic E-state index is 12.3. The zero-order valence-corrected chi connectivity index (χ0v) is 17.3. The molecule has 0 spiro atoms. The van der Waals surface area contributed by atoms with E-state index in [1.807, 2.05) is 48.5 Å². The Kier molecular flexibility index (Phi) is 5.71. The topological polar surface area (TPSA) is 71.8 Å². The number of likely N-dealkylation sites (tertiary alicyclic amines) is 1. The summed E-state index contributed by atoms with van der Waals surface area (Å²) in [6, 6.07) is 2.33. The van der Waals surface area contributed by atoms with Gasteiger partial charge in [0.2, 0.25) is 0 Å². The highest BCUT2D eigenvalue weighted by Gasteiger charge is 2.53. The van der Waals surface area contributed by atoms with Crippen LogP contribution in [0.5, 0.6) is 0 Å². The average molecular weight is 364 g/mol. The fourth-order valence-corrected chi connectivity index (χ4v) is 3.51. The summed E-state index contributed by atoms with van der Waals surface area (Å²) in [7, 11) is -0.318. The molecule has 6 nitrogen and oxygen atoms in total. The molecular weight excluding hydrogens is 331 g/mol. The Morgan fingerprint density at radius 3 is 2.08 bits per heavy atom. The van der Waals surface area contributed by atoms with Crippen LogP contribution in [0, 0.1) is 16.7 Å². The molecule has 0 bridgehead atoms. The summed E-state index contributed by atoms with van der Waals surface area (Å²) in [4.78, 5) is 14.0. The summed E-state index contributed by atoms with van der Waals surface area (Å²) in [6.07, 6.45) is 2.35. The van der Waals surface area contributed by atoms with Gasteiger partial charge >= 0.3 is 13.2 Å². The molecular formula is C19H33BN2O4. The predicted octanol–water partition coefficient (Wildman–Crippen LogP) is 4.01. The highest BCUT2D eigenvalue weighted by molar-refractivity contribution is 6.45. The molecule has 1 amide bonds. The van der Waals surface area contributed by atoms with E-state index in [9.17, 15) is 10.1 Å². The van der Waals surface area contributed by atoms with Crippen LogP contribution < -0.4 is 0 Å². The largest absolute Gasteiger partial charge is 0.458 e. The first-order valence-corrected chi connectivity index (χ1v) is 9.50. The molecule has 0 N–H and O–H groups in total. The first-order chi connectivity index (χ1) is 11.8. The Labute approximate surface area is 158 Å². The van der Waals surface area contributed by atoms with E-state index in [1.54, 1.807) is 4.90 Å². The Bertz CT molecular complexity index is 553. The Morgan fingerprint density at radius 2 is 1.65 bits per heavy atom. The van der Waals surface area contributed by atoms with Crippen molar-refractivity contribution in [1.29, 1.82) is 5.26 Å². The molecule has 0 aromatic heterocycles. The second kappa shape index (κ2) is 7.05. The number of nitrogens with zero attached hydrogens (tertiary/aromatic N) is 2. The van der Waals surface area contributed by atoms with Crippen LogP contribution in [0.25, 0.3) is 0 Å². The van der Waals surface area contributed by atoms with Crippen molar-refractivity contribution < 1.29 is 18.8 Å². The molecule has 0 atom stereocenters. The summed E-state index contributed by atoms with van der Waals surface area (Å²) in [5.41, 5.74) is -1.43. The zero-order chi connectivity index (χ0) is 19.8. The molecule has 2 saturated heterocycles. The van der Waals surface area contributed by atoms with Crippen LogP contribution in [-0.4, -0.2) is 48.0 Å². The summed E-state index contributed by atoms with van der Waals surface area (Å²) in [6.45, 7) is 14.9. The maximum absolute atomic E-state index is 12.3. The standard InChI is InChI=1S/C19H33BN2O4/c1-16(2,3)24-15(23)22-12-9-19(8-11-21,10-13-22)14-20-25-17(4,5)18(6,7)26-20/h8-10,12-14H2,1-7H3. The van der Waals surface area contributed by atoms with Crippen LogP contribution in [-0.2, 0) is 14.0 Å². The molecule has 26 heavy (non-hydrogen) atoms. The van der Waals surface area contributed by atoms with Gasteiger partial charge in [-0.1, -0.05) is 0 Å². The molecule has 0 aliphatic carbocycles. The van der Waals surface area contributed by atoms with Gasteiger partial charge in [-0.05, 0) is 73.0 Å². The highest BCUT2D eigenvalue weighted by Crippen LogP contribution is 2.45. The van der Waals surface area contributed by atoms with Crippen molar-refractivity contribution in [3.63, 3.8) is 0 Å². The number of carbonyl (C=O) groups excluding carboxylic acids is 1. The van der Waals surface area contributed by atoms with Crippen molar-refractivity contribution in [1.82, 2.24) is 4.90 Å². The number of rotatable bonds is 3. The minimum Gasteiger partial charge on any atom is -0.444 e. The number of hydrogen-bond acceptors (Lipinski definition) is 5. The number of piperidine rings is 1. The molecule has 2 aliphatic rings. The Balaban J connectivity index is 2.00. The molecule has 0 aromatic carbocycles. The van der Waals surface area contributed by atoms with Crippen molar-refractivity contribution in [3.05, 3.63) is 0 Å². The lowest BCUT2D eigenvalue weighted by Gasteiger charge is -2.41. The van der Waals surface area contributed by atoms with Crippen LogP contribution in [0.3, 0.4) is 0 Å². The van der Waals surface area contributed by atoms with E-state index in [0.29, 0.717) is 25.8 Å². The zero-order valence-electron chi connectivity index (χ0n) is 17.3. The van der Waals surface area contributed by atoms with E-state index >= 15 is 0 Å². The van der Waals surface area contributed by atoms with E-state index in [-0.39, 0.29) is 29.8 Å². The first kappa shape index (κ1) is 21.0. The van der Waals surface area contributed by atoms with Crippen LogP contribution in [0.1, 0.15) is 67.7 Å². The highest BCUT2D eigenvalue weighted by atomic mass is 16.7. The third kappa shape index (κ3) is 4.72. The van der Waals surface area contributed by atoms with E-state index in [1.165, 1.54) is 0 Å². The molecule has 0 saturated carbocycles. The van der Waals surface area contributed by atoms with E-state index in [0.717, 1.165) is 12.8 Å². The number of nitriles is 1. The second-order valence-corrected chi connectivity index (χ2v) is 9.69. The fraction of sp³-hybridized carbons (Fsp3) is 0.895. The molecule has 0 radical (unpaired) electrons. The van der Waals surface area contributed by atoms with E-state index in [4.69, 9.17) is 14.0 Å². The van der Waals surface area contributed by atoms with Crippen LogP contribution in [0.4, 0.5) is 4.79 Å². The molecule has 0 aromatic rings. The van der Waals surface area contributed by atoms with Gasteiger partial charge in [0.25, 0.3) is 0 Å². The van der Waals surface area contributed by atoms with Crippen molar-refractivity contribution in [3.8, 4) is 6.07 Å². The van der Waals surface area contributed by atoms with Crippen molar-refractivity contribution >= 4 is 13.2 Å². The summed E-state index contributed by atoms with van der Waals surface area (Å²) >= 11 is 0. The van der Waals surface area contributed by atoms with Gasteiger partial charge in [-0.2, -0.15) is 5.26 Å². The van der Waals surface area contributed by atoms with E-state index in [2.05, 4.69) is 6.07 Å². The summed E-state index contributed by atoms with van der Waals surface area (Å²) in [5, 5.41) is 9.35. The summed E-state index contributed by atoms with van der Waals surface area (Å²) < 4.78 is 17.7. The van der Waals surface area contributed by atoms with Gasteiger partial charge in [-0.3, -0.25) is 0 Å². The molecule has 7 heteroatoms. The van der Waals surface area contributed by atoms with Crippen LogP contribution >= 0.6 is 0 Å². The van der Waals surface area contributed by atoms with Crippen molar-refractivity contribution in [2.24, 2.45) is 5.41 Å². The molecule has 2 heterocycles. The van der Waals surface area contributed by atoms with Gasteiger partial charge in [0, 0.05) is 19.5 Å². The third-order valence-electron chi connectivity index (χ3n) is 5.83.